The summed E-state index contributed by atoms with van der Waals surface area (Å²) in [4.78, 5) is 3.27. The molecule has 1 heterocycles. The van der Waals surface area contributed by atoms with Gasteiger partial charge in [0, 0.05) is 6.54 Å². The van der Waals surface area contributed by atoms with Crippen LogP contribution in [0.1, 0.15) is 24.8 Å². The van der Waals surface area contributed by atoms with Crippen molar-refractivity contribution in [1.29, 1.82) is 0 Å². The van der Waals surface area contributed by atoms with Gasteiger partial charge >= 0.3 is 0 Å². The molecule has 102 valence electrons. The number of para-hydroxylation sites is 2. The molecule has 0 saturated heterocycles. The summed E-state index contributed by atoms with van der Waals surface area (Å²) < 4.78 is 3.01. The van der Waals surface area contributed by atoms with Crippen LogP contribution in [-0.4, -0.2) is 9.55 Å². The Morgan fingerprint density at radius 3 is 2.55 bits per heavy atom. The van der Waals surface area contributed by atoms with Crippen LogP contribution in [0.25, 0.3) is 11.0 Å². The molecule has 0 saturated carbocycles. The van der Waals surface area contributed by atoms with Crippen molar-refractivity contribution in [1.82, 2.24) is 9.55 Å². The second kappa shape index (κ2) is 5.63. The average molecular weight is 282 g/mol. The zero-order chi connectivity index (χ0) is 13.9. The normalized spacial score (nSPS) is 12.7. The average Bonchev–Trinajstić information content (AvgIpc) is 2.81. The first-order chi connectivity index (χ1) is 9.75. The number of nitrogens with one attached hydrogen (secondary N) is 1. The van der Waals surface area contributed by atoms with Crippen molar-refractivity contribution in [3.63, 3.8) is 0 Å². The maximum absolute atomic E-state index is 5.43. The van der Waals surface area contributed by atoms with E-state index in [9.17, 15) is 0 Å². The Kier molecular flexibility index (Phi) is 3.70. The van der Waals surface area contributed by atoms with Gasteiger partial charge in [-0.1, -0.05) is 49.4 Å². The van der Waals surface area contributed by atoms with Gasteiger partial charge in [0.1, 0.15) is 0 Å². The molecule has 0 amide bonds. The number of rotatable bonds is 4. The molecule has 0 aliphatic carbocycles. The molecule has 20 heavy (non-hydrogen) atoms. The smallest absolute Gasteiger partial charge is 0.178 e. The fourth-order valence-electron chi connectivity index (χ4n) is 2.60. The van der Waals surface area contributed by atoms with E-state index < -0.39 is 0 Å². The predicted octanol–water partition coefficient (Wildman–Crippen LogP) is 4.89. The van der Waals surface area contributed by atoms with Crippen LogP contribution in [0.2, 0.25) is 0 Å². The quantitative estimate of drug-likeness (QED) is 0.675. The number of aromatic amines is 1. The van der Waals surface area contributed by atoms with Crippen LogP contribution in [0, 0.1) is 4.77 Å². The molecule has 3 aromatic rings. The molecule has 3 rings (SSSR count). The van der Waals surface area contributed by atoms with Crippen molar-refractivity contribution in [3.8, 4) is 0 Å². The van der Waals surface area contributed by atoms with E-state index >= 15 is 0 Å². The largest absolute Gasteiger partial charge is 0.331 e. The molecule has 1 atom stereocenters. The molecule has 2 aromatic carbocycles. The van der Waals surface area contributed by atoms with E-state index in [1.807, 2.05) is 6.07 Å². The monoisotopic (exact) mass is 282 g/mol. The minimum Gasteiger partial charge on any atom is -0.331 e. The van der Waals surface area contributed by atoms with Gasteiger partial charge in [-0.3, -0.25) is 0 Å². The van der Waals surface area contributed by atoms with Gasteiger partial charge in [-0.25, -0.2) is 0 Å². The topological polar surface area (TPSA) is 20.7 Å². The molecule has 2 nitrogen and oxygen atoms in total. The van der Waals surface area contributed by atoms with E-state index in [1.54, 1.807) is 0 Å². The Morgan fingerprint density at radius 1 is 1.05 bits per heavy atom. The standard InChI is InChI=1S/C17H18N2S/c1-13(14-7-3-2-4-8-14)11-12-19-16-10-6-5-9-15(16)18-17(19)20/h2-10,13H,11-12H2,1H3,(H,18,20). The summed E-state index contributed by atoms with van der Waals surface area (Å²) in [5.74, 6) is 0.534. The van der Waals surface area contributed by atoms with Crippen LogP contribution in [0.4, 0.5) is 0 Å². The van der Waals surface area contributed by atoms with E-state index in [0.717, 1.165) is 23.3 Å². The van der Waals surface area contributed by atoms with Gasteiger partial charge in [0.15, 0.2) is 4.77 Å². The van der Waals surface area contributed by atoms with Gasteiger partial charge < -0.3 is 9.55 Å². The highest BCUT2D eigenvalue weighted by Gasteiger charge is 2.08. The molecule has 1 N–H and O–H groups in total. The minimum atomic E-state index is 0.534. The lowest BCUT2D eigenvalue weighted by Crippen LogP contribution is -2.03. The summed E-state index contributed by atoms with van der Waals surface area (Å²) >= 11 is 5.43. The first kappa shape index (κ1) is 13.1. The predicted molar refractivity (Wildman–Crippen MR) is 86.6 cm³/mol. The van der Waals surface area contributed by atoms with E-state index in [1.165, 1.54) is 11.1 Å². The number of benzene rings is 2. The fraction of sp³-hybridized carbons (Fsp3) is 0.235. The third-order valence-corrected chi connectivity index (χ3v) is 4.16. The maximum Gasteiger partial charge on any atom is 0.178 e. The van der Waals surface area contributed by atoms with Gasteiger partial charge in [-0.2, -0.15) is 0 Å². The van der Waals surface area contributed by atoms with Crippen molar-refractivity contribution in [3.05, 3.63) is 64.9 Å². The third kappa shape index (κ3) is 2.54. The van der Waals surface area contributed by atoms with Gasteiger partial charge in [0.2, 0.25) is 0 Å². The molecular formula is C17H18N2S. The van der Waals surface area contributed by atoms with Crippen LogP contribution in [0.3, 0.4) is 0 Å². The highest BCUT2D eigenvalue weighted by atomic mass is 32.1. The zero-order valence-electron chi connectivity index (χ0n) is 11.5. The Morgan fingerprint density at radius 2 is 1.75 bits per heavy atom. The number of aryl methyl sites for hydroxylation is 1. The van der Waals surface area contributed by atoms with Crippen molar-refractivity contribution in [2.75, 3.05) is 0 Å². The summed E-state index contributed by atoms with van der Waals surface area (Å²) in [5, 5.41) is 0. The number of aromatic nitrogens is 2. The molecule has 1 aromatic heterocycles. The Balaban J connectivity index is 1.81. The second-order valence-electron chi connectivity index (χ2n) is 5.20. The minimum absolute atomic E-state index is 0.534. The molecule has 0 spiro atoms. The summed E-state index contributed by atoms with van der Waals surface area (Å²) in [6.07, 6.45) is 1.08. The van der Waals surface area contributed by atoms with Crippen molar-refractivity contribution >= 4 is 23.3 Å². The van der Waals surface area contributed by atoms with Crippen LogP contribution < -0.4 is 0 Å². The van der Waals surface area contributed by atoms with Gasteiger partial charge in [-0.15, -0.1) is 0 Å². The summed E-state index contributed by atoms with van der Waals surface area (Å²) in [5.41, 5.74) is 3.70. The van der Waals surface area contributed by atoms with Crippen molar-refractivity contribution in [2.45, 2.75) is 25.8 Å². The SMILES string of the molecule is CC(CCn1c(=S)[nH]c2ccccc21)c1ccccc1. The third-order valence-electron chi connectivity index (χ3n) is 3.84. The summed E-state index contributed by atoms with van der Waals surface area (Å²) in [6, 6.07) is 18.9. The maximum atomic E-state index is 5.43. The number of hydrogen-bond donors (Lipinski definition) is 1. The lowest BCUT2D eigenvalue weighted by Gasteiger charge is -2.12. The summed E-state index contributed by atoms with van der Waals surface area (Å²) in [7, 11) is 0. The number of imidazole rings is 1. The number of hydrogen-bond acceptors (Lipinski definition) is 1. The fourth-order valence-corrected chi connectivity index (χ4v) is 2.90. The Bertz CT molecular complexity index is 755. The van der Waals surface area contributed by atoms with Gasteiger partial charge in [0.25, 0.3) is 0 Å². The van der Waals surface area contributed by atoms with Crippen molar-refractivity contribution < 1.29 is 0 Å². The van der Waals surface area contributed by atoms with Gasteiger partial charge in [0.05, 0.1) is 11.0 Å². The van der Waals surface area contributed by atoms with E-state index in [2.05, 4.69) is 65.0 Å². The molecule has 0 aliphatic rings. The lowest BCUT2D eigenvalue weighted by atomic mass is 9.98. The molecular weight excluding hydrogens is 264 g/mol. The molecule has 3 heteroatoms. The van der Waals surface area contributed by atoms with E-state index in [4.69, 9.17) is 12.2 Å². The van der Waals surface area contributed by atoms with Crippen LogP contribution in [0.15, 0.2) is 54.6 Å². The van der Waals surface area contributed by atoms with Crippen molar-refractivity contribution in [2.24, 2.45) is 0 Å². The number of fused-ring (bicyclic) bond motifs is 1. The molecule has 0 bridgehead atoms. The number of H-pyrrole nitrogens is 1. The highest BCUT2D eigenvalue weighted by molar-refractivity contribution is 7.71. The molecule has 1 unspecified atom stereocenters. The zero-order valence-corrected chi connectivity index (χ0v) is 12.4. The van der Waals surface area contributed by atoms with E-state index in [0.29, 0.717) is 5.92 Å². The molecule has 0 radical (unpaired) electrons. The Hall–Kier alpha value is -1.87. The Labute approximate surface area is 124 Å². The molecule has 0 aliphatic heterocycles. The summed E-state index contributed by atoms with van der Waals surface area (Å²) in [6.45, 7) is 3.21. The first-order valence-electron chi connectivity index (χ1n) is 6.98. The second-order valence-corrected chi connectivity index (χ2v) is 5.59. The van der Waals surface area contributed by atoms with Gasteiger partial charge in [-0.05, 0) is 42.3 Å². The van der Waals surface area contributed by atoms with Crippen LogP contribution in [0.5, 0.6) is 0 Å². The molecule has 0 fully saturated rings. The lowest BCUT2D eigenvalue weighted by molar-refractivity contribution is 0.582. The highest BCUT2D eigenvalue weighted by Crippen LogP contribution is 2.21. The first-order valence-corrected chi connectivity index (χ1v) is 7.39. The number of nitrogens with zero attached hydrogens (tertiary/aromatic N) is 1. The van der Waals surface area contributed by atoms with E-state index in [-0.39, 0.29) is 0 Å². The van der Waals surface area contributed by atoms with Crippen LogP contribution >= 0.6 is 12.2 Å². The van der Waals surface area contributed by atoms with Crippen LogP contribution in [-0.2, 0) is 6.54 Å².